The van der Waals surface area contributed by atoms with E-state index in [9.17, 15) is 0 Å². The van der Waals surface area contributed by atoms with E-state index in [1.807, 2.05) is 72.8 Å². The molecule has 0 heterocycles. The second-order valence-corrected chi connectivity index (χ2v) is 47.5. The van der Waals surface area contributed by atoms with E-state index in [1.165, 1.54) is 46.7 Å². The van der Waals surface area contributed by atoms with E-state index in [-0.39, 0.29) is 48.3 Å². The first-order valence-corrected chi connectivity index (χ1v) is 38.3. The summed E-state index contributed by atoms with van der Waals surface area (Å²) in [5.74, 6) is -0.438. The molecule has 0 saturated carbocycles. The van der Waals surface area contributed by atoms with Gasteiger partial charge in [0.1, 0.15) is 0 Å². The predicted molar refractivity (Wildman–Crippen MR) is 279 cm³/mol. The summed E-state index contributed by atoms with van der Waals surface area (Å²) in [6.07, 6.45) is 22.1. The molecule has 0 fully saturated rings. The van der Waals surface area contributed by atoms with E-state index >= 15 is 8.78 Å². The van der Waals surface area contributed by atoms with Gasteiger partial charge in [0.2, 0.25) is 0 Å². The zero-order valence-electron chi connectivity index (χ0n) is 37.4. The van der Waals surface area contributed by atoms with Crippen LogP contribution in [0.3, 0.4) is 0 Å². The van der Waals surface area contributed by atoms with Gasteiger partial charge in [-0.3, -0.25) is 0 Å². The van der Waals surface area contributed by atoms with E-state index in [4.69, 9.17) is 0 Å². The topological polar surface area (TPSA) is 0 Å². The number of benzene rings is 6. The Kier molecular flexibility index (Phi) is 14.0. The minimum absolute atomic E-state index is 0. The fraction of sp³-hybridized carbons (Fsp3) is 0.133. The quantitative estimate of drug-likeness (QED) is 0.120. The third kappa shape index (κ3) is 7.78. The maximum Gasteiger partial charge on any atom is -0.147 e. The van der Waals surface area contributed by atoms with Crippen LogP contribution in [-0.4, -0.2) is 6.94 Å². The van der Waals surface area contributed by atoms with Crippen LogP contribution in [0.15, 0.2) is 246 Å². The van der Waals surface area contributed by atoms with Gasteiger partial charge in [0.05, 0.1) is 0 Å². The SMILES string of the molecule is CCC1=[C]([Hf](=[SiH2])([C]2=C(CC)C=C3C2=CC=CCC3c2ccc(-c3ccccc3)c(F)c2)([c]2ccccc2)[c]2ccccc2)C2=CC=CCC(c3ccc(-c4ccccc4)c(F)c3)C2=C1.Cl.Cl. The van der Waals surface area contributed by atoms with E-state index in [1.54, 1.807) is 12.1 Å². The van der Waals surface area contributed by atoms with Gasteiger partial charge in [-0.1, -0.05) is 0 Å². The molecule has 0 N–H and O–H groups in total. The van der Waals surface area contributed by atoms with Crippen molar-refractivity contribution in [2.75, 3.05) is 0 Å². The molecule has 66 heavy (non-hydrogen) atoms. The fourth-order valence-electron chi connectivity index (χ4n) is 11.4. The number of allylic oxidation sites excluding steroid dienone is 16. The van der Waals surface area contributed by atoms with Gasteiger partial charge in [-0.05, 0) is 0 Å². The summed E-state index contributed by atoms with van der Waals surface area (Å²) in [5, 5.41) is 0. The summed E-state index contributed by atoms with van der Waals surface area (Å²) >= 11 is -5.39. The number of fused-ring (bicyclic) bond motifs is 2. The normalized spacial score (nSPS) is 17.9. The van der Waals surface area contributed by atoms with Crippen LogP contribution in [0.4, 0.5) is 8.78 Å². The minimum Gasteiger partial charge on any atom is -0.147 e. The van der Waals surface area contributed by atoms with Crippen LogP contribution in [0.5, 0.6) is 0 Å². The molecule has 0 aliphatic heterocycles. The number of halogens is 4. The predicted octanol–water partition coefficient (Wildman–Crippen LogP) is 14.9. The average molecular weight is 1090 g/mol. The van der Waals surface area contributed by atoms with Crippen LogP contribution < -0.4 is 6.64 Å². The summed E-state index contributed by atoms with van der Waals surface area (Å²) in [7, 11) is 0. The van der Waals surface area contributed by atoms with Crippen LogP contribution >= 0.6 is 24.8 Å². The third-order valence-electron chi connectivity index (χ3n) is 14.4. The maximum absolute atomic E-state index is 16.3. The van der Waals surface area contributed by atoms with Crippen molar-refractivity contribution < 1.29 is 25.9 Å². The second-order valence-electron chi connectivity index (χ2n) is 17.7. The number of hydrogen-bond donors (Lipinski definition) is 0. The Bertz CT molecular complexity index is 2920. The van der Waals surface area contributed by atoms with Crippen molar-refractivity contribution in [3.05, 3.63) is 269 Å². The molecule has 2 unspecified atom stereocenters. The van der Waals surface area contributed by atoms with Crippen LogP contribution in [0.2, 0.25) is 0 Å². The van der Waals surface area contributed by atoms with Gasteiger partial charge in [0.25, 0.3) is 0 Å². The molecule has 6 aromatic carbocycles. The van der Waals surface area contributed by atoms with Crippen molar-refractivity contribution >= 4 is 38.4 Å². The van der Waals surface area contributed by atoms with Crippen LogP contribution in [-0.2, 0) is 17.1 Å². The van der Waals surface area contributed by atoms with Gasteiger partial charge in [-0.2, -0.15) is 0 Å². The average Bonchev–Trinajstić information content (AvgIpc) is 3.75. The standard InChI is InChI=1S/2C24H20F.2C6H5.2ClH.Hf.H2Si/c2*1-2-17-14-19-10-6-7-11-21(23(19)15-17)20-12-13-22(24(25)16-20)18-8-4-3-5-9-18;2*1-2-4-6-5-3-1;;;;/h2*3-10,12-13,15-16,21H,2,11H2,1H3;2*1-5H;2*1H;;1H2. The third-order valence-corrected chi connectivity index (χ3v) is 50.6. The summed E-state index contributed by atoms with van der Waals surface area (Å²) < 4.78 is 38.4. The molecule has 0 spiro atoms. The van der Waals surface area contributed by atoms with E-state index in [2.05, 4.69) is 142 Å². The molecule has 0 saturated heterocycles. The van der Waals surface area contributed by atoms with Gasteiger partial charge >= 0.3 is 382 Å². The van der Waals surface area contributed by atoms with Crippen LogP contribution in [0.1, 0.15) is 62.5 Å². The van der Waals surface area contributed by atoms with Gasteiger partial charge in [0, 0.05) is 0 Å². The van der Waals surface area contributed by atoms with Crippen molar-refractivity contribution in [1.29, 1.82) is 0 Å². The first-order chi connectivity index (χ1) is 31.3. The Morgan fingerprint density at radius 2 is 0.864 bits per heavy atom. The molecule has 0 bridgehead atoms. The Labute approximate surface area is 404 Å². The molecule has 4 aliphatic rings. The summed E-state index contributed by atoms with van der Waals surface area (Å²) in [6, 6.07) is 54.4. The van der Waals surface area contributed by atoms with E-state index in [0.717, 1.165) is 47.9 Å². The van der Waals surface area contributed by atoms with Crippen molar-refractivity contribution in [3.63, 3.8) is 0 Å². The zero-order valence-corrected chi connectivity index (χ0v) is 44.0. The van der Waals surface area contributed by atoms with E-state index < -0.39 is 17.1 Å². The van der Waals surface area contributed by atoms with Crippen LogP contribution in [0.25, 0.3) is 22.3 Å². The molecule has 0 aromatic heterocycles. The molecular formula is C60H54Cl2F2HfSi. The van der Waals surface area contributed by atoms with Gasteiger partial charge in [-0.25, -0.2) is 0 Å². The molecule has 2 atom stereocenters. The van der Waals surface area contributed by atoms with Crippen molar-refractivity contribution in [1.82, 2.24) is 0 Å². The van der Waals surface area contributed by atoms with Crippen molar-refractivity contribution in [2.45, 2.75) is 51.4 Å². The van der Waals surface area contributed by atoms with E-state index in [0.29, 0.717) is 11.1 Å². The van der Waals surface area contributed by atoms with Gasteiger partial charge in [-0.15, -0.1) is 24.8 Å². The molecule has 0 amide bonds. The van der Waals surface area contributed by atoms with Crippen molar-refractivity contribution in [3.8, 4) is 22.3 Å². The largest absolute Gasteiger partial charge is 0.147 e. The molecule has 6 heteroatoms. The van der Waals surface area contributed by atoms with Gasteiger partial charge in [0.15, 0.2) is 0 Å². The minimum atomic E-state index is -5.39. The number of rotatable bonds is 10. The fourth-order valence-corrected chi connectivity index (χ4v) is 47.8. The van der Waals surface area contributed by atoms with Crippen molar-refractivity contribution in [2.24, 2.45) is 0 Å². The smallest absolute Gasteiger partial charge is 0.147 e. The Balaban J connectivity index is 0.00000296. The molecule has 0 radical (unpaired) electrons. The molecule has 0 nitrogen and oxygen atoms in total. The first kappa shape index (κ1) is 47.3. The summed E-state index contributed by atoms with van der Waals surface area (Å²) in [5.41, 5.74) is 12.9. The monoisotopic (exact) mass is 1090 g/mol. The second kappa shape index (κ2) is 19.5. The molecule has 4 aliphatic carbocycles. The Morgan fingerprint density at radius 1 is 0.500 bits per heavy atom. The Morgan fingerprint density at radius 3 is 1.21 bits per heavy atom. The molecule has 330 valence electrons. The Hall–Kier alpha value is -5.23. The molecule has 6 aromatic rings. The number of hydrogen-bond acceptors (Lipinski definition) is 0. The molecular weight excluding hydrogens is 1040 g/mol. The zero-order chi connectivity index (χ0) is 43.9. The summed E-state index contributed by atoms with van der Waals surface area (Å²) in [4.78, 5) is 0. The summed E-state index contributed by atoms with van der Waals surface area (Å²) in [6.45, 7) is 6.95. The maximum atomic E-state index is 16.3. The van der Waals surface area contributed by atoms with Crippen LogP contribution in [0, 0.1) is 11.6 Å². The first-order valence-electron chi connectivity index (χ1n) is 22.8. The molecule has 10 rings (SSSR count). The van der Waals surface area contributed by atoms with Gasteiger partial charge < -0.3 is 0 Å².